The van der Waals surface area contributed by atoms with Crippen LogP contribution in [0.15, 0.2) is 76.7 Å². The number of sulfonamides is 1. The van der Waals surface area contributed by atoms with Crippen LogP contribution in [0.5, 0.6) is 5.75 Å². The van der Waals surface area contributed by atoms with Crippen molar-refractivity contribution in [1.82, 2.24) is 4.31 Å². The number of ether oxygens (including phenoxy) is 5. The number of benzene rings is 3. The van der Waals surface area contributed by atoms with Gasteiger partial charge in [-0.2, -0.15) is 4.31 Å². The summed E-state index contributed by atoms with van der Waals surface area (Å²) in [6.07, 6.45) is 0.373. The normalized spacial score (nSPS) is 19.6. The molecule has 0 bridgehead atoms. The Hall–Kier alpha value is -3.68. The fourth-order valence-corrected chi connectivity index (χ4v) is 8.00. The van der Waals surface area contributed by atoms with E-state index < -0.39 is 16.1 Å². The van der Waals surface area contributed by atoms with Gasteiger partial charge in [-0.05, 0) is 65.7 Å². The molecule has 5 rings (SSSR count). The summed E-state index contributed by atoms with van der Waals surface area (Å²) in [5.41, 5.74) is 14.2. The summed E-state index contributed by atoms with van der Waals surface area (Å²) in [5, 5.41) is 3.93. The molecule has 3 aromatic carbocycles. The minimum atomic E-state index is -3.85. The zero-order chi connectivity index (χ0) is 34.6. The van der Waals surface area contributed by atoms with Gasteiger partial charge in [0.25, 0.3) is 0 Å². The van der Waals surface area contributed by atoms with Gasteiger partial charge in [0.1, 0.15) is 12.4 Å². The summed E-state index contributed by atoms with van der Waals surface area (Å²) in [7, 11) is -0.506. The van der Waals surface area contributed by atoms with E-state index in [4.69, 9.17) is 23.7 Å². The lowest BCUT2D eigenvalue weighted by atomic mass is 9.79. The molecule has 1 fully saturated rings. The van der Waals surface area contributed by atoms with Gasteiger partial charge in [-0.15, -0.1) is 0 Å². The first-order valence-corrected chi connectivity index (χ1v) is 18.1. The summed E-state index contributed by atoms with van der Waals surface area (Å²) in [6, 6.07) is 21.0. The number of hydrogen-bond acceptors (Lipinski definition) is 9. The van der Waals surface area contributed by atoms with E-state index in [1.807, 2.05) is 43.3 Å². The molecular weight excluding hydrogens is 646 g/mol. The van der Waals surface area contributed by atoms with Gasteiger partial charge in [0, 0.05) is 57.8 Å². The van der Waals surface area contributed by atoms with E-state index in [9.17, 15) is 13.9 Å². The quantitative estimate of drug-likeness (QED) is 0.0762. The van der Waals surface area contributed by atoms with Crippen LogP contribution in [-0.2, 0) is 42.2 Å². The molecule has 13 heteroatoms. The maximum atomic E-state index is 14.0. The highest BCUT2D eigenvalue weighted by atomic mass is 32.2. The van der Waals surface area contributed by atoms with Gasteiger partial charge in [0.2, 0.25) is 10.0 Å². The molecule has 2 heterocycles. The minimum Gasteiger partial charge on any atom is -0.490 e. The highest BCUT2D eigenvalue weighted by Gasteiger charge is 2.42. The lowest BCUT2D eigenvalue weighted by Crippen LogP contribution is -2.52. The zero-order valence-electron chi connectivity index (χ0n) is 28.6. The van der Waals surface area contributed by atoms with Crippen molar-refractivity contribution >= 4 is 15.7 Å². The maximum Gasteiger partial charge on any atom is 0.243 e. The second kappa shape index (κ2) is 17.8. The molecule has 264 valence electrons. The molecule has 0 saturated carbocycles. The number of methoxy groups -OCH3 is 2. The van der Waals surface area contributed by atoms with Gasteiger partial charge in [-0.1, -0.05) is 53.1 Å². The molecule has 0 aromatic heterocycles. The second-order valence-electron chi connectivity index (χ2n) is 12.5. The van der Waals surface area contributed by atoms with Gasteiger partial charge < -0.3 is 28.6 Å². The average molecular weight is 694 g/mol. The van der Waals surface area contributed by atoms with Crippen LogP contribution in [0.3, 0.4) is 0 Å². The Balaban J connectivity index is 1.43. The monoisotopic (exact) mass is 693 g/mol. The topological polar surface area (TPSA) is 136 Å². The van der Waals surface area contributed by atoms with Crippen LogP contribution < -0.4 is 9.64 Å². The summed E-state index contributed by atoms with van der Waals surface area (Å²) in [4.78, 5) is 5.56. The molecule has 0 radical (unpaired) electrons. The molecule has 0 amide bonds. The number of hydrogen-bond donors (Lipinski definition) is 0. The molecule has 3 atom stereocenters. The van der Waals surface area contributed by atoms with Gasteiger partial charge in [-0.3, -0.25) is 0 Å². The number of piperidine rings is 1. The molecular formula is C36H47N5O7S. The Labute approximate surface area is 289 Å². The van der Waals surface area contributed by atoms with Gasteiger partial charge in [0.15, 0.2) is 0 Å². The van der Waals surface area contributed by atoms with E-state index in [0.29, 0.717) is 33.0 Å². The summed E-state index contributed by atoms with van der Waals surface area (Å²) in [5.74, 6) is 0.274. The molecule has 0 aliphatic carbocycles. The van der Waals surface area contributed by atoms with Crippen molar-refractivity contribution < 1.29 is 32.1 Å². The lowest BCUT2D eigenvalue weighted by molar-refractivity contribution is -0.0243. The summed E-state index contributed by atoms with van der Waals surface area (Å²) >= 11 is 0. The van der Waals surface area contributed by atoms with E-state index in [1.165, 1.54) is 4.31 Å². The Kier molecular flexibility index (Phi) is 13.3. The molecule has 1 saturated heterocycles. The van der Waals surface area contributed by atoms with Crippen LogP contribution in [0.25, 0.3) is 10.4 Å². The highest BCUT2D eigenvalue weighted by Crippen LogP contribution is 2.39. The van der Waals surface area contributed by atoms with Crippen molar-refractivity contribution in [1.29, 1.82) is 0 Å². The van der Waals surface area contributed by atoms with E-state index >= 15 is 0 Å². The molecule has 3 aromatic rings. The van der Waals surface area contributed by atoms with Crippen LogP contribution in [0, 0.1) is 12.8 Å². The molecule has 0 unspecified atom stereocenters. The molecule has 0 spiro atoms. The Morgan fingerprint density at radius 3 is 2.43 bits per heavy atom. The predicted octanol–water partition coefficient (Wildman–Crippen LogP) is 5.69. The molecule has 12 nitrogen and oxygen atoms in total. The van der Waals surface area contributed by atoms with Gasteiger partial charge in [0.05, 0.1) is 49.7 Å². The van der Waals surface area contributed by atoms with Crippen LogP contribution in [0.4, 0.5) is 5.69 Å². The fraction of sp³-hybridized carbons (Fsp3) is 0.500. The fourth-order valence-electron chi connectivity index (χ4n) is 6.49. The number of rotatable bonds is 17. The molecule has 0 N–H and O–H groups in total. The zero-order valence-corrected chi connectivity index (χ0v) is 29.4. The van der Waals surface area contributed by atoms with Crippen molar-refractivity contribution in [3.8, 4) is 5.75 Å². The number of anilines is 1. The minimum absolute atomic E-state index is 0.120. The third-order valence-electron chi connectivity index (χ3n) is 9.06. The van der Waals surface area contributed by atoms with Crippen LogP contribution in [0.2, 0.25) is 0 Å². The number of fused-ring (bicyclic) bond motifs is 1. The van der Waals surface area contributed by atoms with Crippen LogP contribution in [-0.4, -0.2) is 92.2 Å². The first-order valence-electron chi connectivity index (χ1n) is 16.7. The largest absolute Gasteiger partial charge is 0.490 e. The van der Waals surface area contributed by atoms with E-state index in [2.05, 4.69) is 21.0 Å². The third-order valence-corrected chi connectivity index (χ3v) is 10.9. The van der Waals surface area contributed by atoms with Crippen molar-refractivity contribution in [2.75, 3.05) is 78.3 Å². The average Bonchev–Trinajstić information content (AvgIpc) is 3.12. The Bertz CT molecular complexity index is 1650. The number of nitrogens with zero attached hydrogens (tertiary/aromatic N) is 5. The smallest absolute Gasteiger partial charge is 0.243 e. The third kappa shape index (κ3) is 9.52. The molecule has 2 aliphatic rings. The van der Waals surface area contributed by atoms with Crippen LogP contribution in [0.1, 0.15) is 34.6 Å². The predicted molar refractivity (Wildman–Crippen MR) is 187 cm³/mol. The van der Waals surface area contributed by atoms with Crippen molar-refractivity contribution in [3.63, 3.8) is 0 Å². The SMILES string of the molecule is COCCCN1CCOc2ccc(CO[C@H]3CN(S(=O)(=O)c4ccc(C)cc4)C[C@@H](CN=[N+]=[N-])[C@@H]3c3ccc(COCCOC)cc3)cc21. The summed E-state index contributed by atoms with van der Waals surface area (Å²) < 4.78 is 58.2. The van der Waals surface area contributed by atoms with E-state index in [1.54, 1.807) is 38.5 Å². The number of aryl methyl sites for hydroxylation is 1. The van der Waals surface area contributed by atoms with Gasteiger partial charge >= 0.3 is 0 Å². The molecule has 49 heavy (non-hydrogen) atoms. The van der Waals surface area contributed by atoms with Crippen LogP contribution >= 0.6 is 0 Å². The van der Waals surface area contributed by atoms with E-state index in [-0.39, 0.29) is 43.0 Å². The Morgan fingerprint density at radius 1 is 0.939 bits per heavy atom. The van der Waals surface area contributed by atoms with Crippen molar-refractivity contribution in [2.45, 2.75) is 43.5 Å². The van der Waals surface area contributed by atoms with E-state index in [0.717, 1.165) is 53.2 Å². The Morgan fingerprint density at radius 2 is 1.69 bits per heavy atom. The molecule has 2 aliphatic heterocycles. The lowest BCUT2D eigenvalue weighted by Gasteiger charge is -2.43. The number of azide groups is 1. The maximum absolute atomic E-state index is 14.0. The van der Waals surface area contributed by atoms with Gasteiger partial charge in [-0.25, -0.2) is 8.42 Å². The highest BCUT2D eigenvalue weighted by molar-refractivity contribution is 7.89. The first kappa shape index (κ1) is 36.6. The standard InChI is InChI=1S/C36H47N5O7S/c1-27-5-12-32(13-6-27)49(42,43)41-23-31(22-38-39-37)36(30-10-7-28(8-11-30)25-46-20-19-45-3)35(24-41)48-26-29-9-14-34-33(21-29)40(16-18-47-34)15-4-17-44-2/h5-14,21,31,35-36H,4,15-20,22-26H2,1-3H3/t31-,35+,36+/m1/s1. The second-order valence-corrected chi connectivity index (χ2v) is 14.4. The van der Waals surface area contributed by atoms with Crippen molar-refractivity contribution in [2.24, 2.45) is 11.0 Å². The van der Waals surface area contributed by atoms with Crippen molar-refractivity contribution in [3.05, 3.63) is 99.4 Å². The first-order chi connectivity index (χ1) is 23.8. The summed E-state index contributed by atoms with van der Waals surface area (Å²) in [6.45, 7) is 7.03.